The highest BCUT2D eigenvalue weighted by molar-refractivity contribution is 6.14. The lowest BCUT2D eigenvalue weighted by Crippen LogP contribution is -2.19. The van der Waals surface area contributed by atoms with E-state index < -0.39 is 0 Å². The van der Waals surface area contributed by atoms with Gasteiger partial charge >= 0.3 is 0 Å². The van der Waals surface area contributed by atoms with Gasteiger partial charge in [0.05, 0.1) is 19.8 Å². The standard InChI is InChI=1S/C20H16O5/c1-22-14-6-7-17-16(10-14)19(21)13(11-24-17)9-15-8-12-4-3-5-18(23-2)20(12)25-15/h3-10H,11H2,1-2H3/b13-9-. The summed E-state index contributed by atoms with van der Waals surface area (Å²) in [6, 6.07) is 12.7. The van der Waals surface area contributed by atoms with Crippen molar-refractivity contribution < 1.29 is 23.4 Å². The maximum atomic E-state index is 12.8. The van der Waals surface area contributed by atoms with Gasteiger partial charge in [-0.2, -0.15) is 0 Å². The number of methoxy groups -OCH3 is 2. The van der Waals surface area contributed by atoms with E-state index in [0.29, 0.717) is 39.7 Å². The maximum Gasteiger partial charge on any atom is 0.196 e. The highest BCUT2D eigenvalue weighted by Gasteiger charge is 2.24. The van der Waals surface area contributed by atoms with Crippen LogP contribution in [-0.4, -0.2) is 26.6 Å². The zero-order valence-corrected chi connectivity index (χ0v) is 13.9. The van der Waals surface area contributed by atoms with Gasteiger partial charge in [-0.15, -0.1) is 0 Å². The van der Waals surface area contributed by atoms with Gasteiger partial charge in [-0.3, -0.25) is 4.79 Å². The summed E-state index contributed by atoms with van der Waals surface area (Å²) in [7, 11) is 3.16. The van der Waals surface area contributed by atoms with Crippen LogP contribution >= 0.6 is 0 Å². The monoisotopic (exact) mass is 336 g/mol. The molecule has 1 aromatic heterocycles. The Morgan fingerprint density at radius 2 is 1.96 bits per heavy atom. The van der Waals surface area contributed by atoms with Crippen LogP contribution in [0.1, 0.15) is 16.1 Å². The minimum atomic E-state index is -0.0902. The minimum Gasteiger partial charge on any atom is -0.497 e. The molecule has 1 aliphatic rings. The first-order valence-corrected chi connectivity index (χ1v) is 7.82. The van der Waals surface area contributed by atoms with E-state index in [1.54, 1.807) is 38.5 Å². The van der Waals surface area contributed by atoms with Gasteiger partial charge in [0.25, 0.3) is 0 Å². The Kier molecular flexibility index (Phi) is 3.69. The molecular weight excluding hydrogens is 320 g/mol. The molecule has 0 bridgehead atoms. The van der Waals surface area contributed by atoms with Crippen molar-refractivity contribution in [1.29, 1.82) is 0 Å². The summed E-state index contributed by atoms with van der Waals surface area (Å²) < 4.78 is 22.0. The molecule has 0 atom stereocenters. The fraction of sp³-hybridized carbons (Fsp3) is 0.150. The van der Waals surface area contributed by atoms with Gasteiger partial charge in [-0.25, -0.2) is 0 Å². The van der Waals surface area contributed by atoms with Crippen molar-refractivity contribution in [2.45, 2.75) is 0 Å². The normalized spacial score (nSPS) is 15.1. The lowest BCUT2D eigenvalue weighted by atomic mass is 9.99. The Labute approximate surface area is 144 Å². The lowest BCUT2D eigenvalue weighted by Gasteiger charge is -2.19. The van der Waals surface area contributed by atoms with Gasteiger partial charge in [-0.1, -0.05) is 12.1 Å². The molecule has 25 heavy (non-hydrogen) atoms. The molecule has 4 rings (SSSR count). The summed E-state index contributed by atoms with van der Waals surface area (Å²) in [5.41, 5.74) is 1.67. The van der Waals surface area contributed by atoms with Crippen LogP contribution in [-0.2, 0) is 0 Å². The van der Waals surface area contributed by atoms with Crippen molar-refractivity contribution in [3.63, 3.8) is 0 Å². The molecule has 0 amide bonds. The molecule has 0 saturated carbocycles. The molecule has 0 radical (unpaired) electrons. The molecule has 0 spiro atoms. The van der Waals surface area contributed by atoms with Crippen LogP contribution in [0.4, 0.5) is 0 Å². The second-order valence-electron chi connectivity index (χ2n) is 5.68. The second-order valence-corrected chi connectivity index (χ2v) is 5.68. The number of para-hydroxylation sites is 1. The van der Waals surface area contributed by atoms with Gasteiger partial charge in [0.2, 0.25) is 0 Å². The van der Waals surface area contributed by atoms with E-state index >= 15 is 0 Å². The summed E-state index contributed by atoms with van der Waals surface area (Å²) in [5.74, 6) is 2.33. The minimum absolute atomic E-state index is 0.0902. The largest absolute Gasteiger partial charge is 0.497 e. The van der Waals surface area contributed by atoms with Crippen LogP contribution in [0.5, 0.6) is 17.2 Å². The molecule has 0 unspecified atom stereocenters. The molecule has 0 N–H and O–H groups in total. The molecule has 2 aromatic carbocycles. The zero-order chi connectivity index (χ0) is 17.4. The van der Waals surface area contributed by atoms with Crippen molar-refractivity contribution in [2.75, 3.05) is 20.8 Å². The SMILES string of the molecule is COc1ccc2c(c1)C(=O)/C(=C\c1cc3cccc(OC)c3o1)CO2. The summed E-state index contributed by atoms with van der Waals surface area (Å²) in [5, 5.41) is 0.914. The zero-order valence-electron chi connectivity index (χ0n) is 13.9. The van der Waals surface area contributed by atoms with Crippen LogP contribution in [0.15, 0.2) is 52.5 Å². The lowest BCUT2D eigenvalue weighted by molar-refractivity contribution is 0.1000. The first-order valence-electron chi connectivity index (χ1n) is 7.82. The van der Waals surface area contributed by atoms with Crippen molar-refractivity contribution in [2.24, 2.45) is 0 Å². The third-order valence-electron chi connectivity index (χ3n) is 4.17. The van der Waals surface area contributed by atoms with Crippen LogP contribution in [0.25, 0.3) is 17.0 Å². The molecule has 0 aliphatic carbocycles. The highest BCUT2D eigenvalue weighted by atomic mass is 16.5. The summed E-state index contributed by atoms with van der Waals surface area (Å²) >= 11 is 0. The van der Waals surface area contributed by atoms with Gasteiger partial charge in [0.1, 0.15) is 23.9 Å². The fourth-order valence-corrected chi connectivity index (χ4v) is 2.90. The number of furan rings is 1. The Morgan fingerprint density at radius 1 is 1.08 bits per heavy atom. The number of Topliss-reactive ketones (excluding diaryl/α,β-unsaturated/α-hetero) is 1. The van der Waals surface area contributed by atoms with E-state index in [1.165, 1.54) is 0 Å². The first kappa shape index (κ1) is 15.3. The molecule has 0 fully saturated rings. The Balaban J connectivity index is 1.73. The third-order valence-corrected chi connectivity index (χ3v) is 4.17. The number of ether oxygens (including phenoxy) is 3. The molecule has 126 valence electrons. The maximum absolute atomic E-state index is 12.8. The summed E-state index contributed by atoms with van der Waals surface area (Å²) in [6.45, 7) is 0.201. The van der Waals surface area contributed by atoms with E-state index in [-0.39, 0.29) is 12.4 Å². The molecule has 1 aliphatic heterocycles. The van der Waals surface area contributed by atoms with Gasteiger partial charge in [0, 0.05) is 11.0 Å². The summed E-state index contributed by atoms with van der Waals surface area (Å²) in [6.07, 6.45) is 1.71. The van der Waals surface area contributed by atoms with Crippen molar-refractivity contribution >= 4 is 22.8 Å². The molecule has 0 saturated heterocycles. The van der Waals surface area contributed by atoms with Gasteiger partial charge in [-0.05, 0) is 36.4 Å². The Bertz CT molecular complexity index is 996. The molecule has 5 heteroatoms. The van der Waals surface area contributed by atoms with Gasteiger partial charge < -0.3 is 18.6 Å². The number of hydrogen-bond acceptors (Lipinski definition) is 5. The van der Waals surface area contributed by atoms with Crippen LogP contribution in [0, 0.1) is 0 Å². The first-order chi connectivity index (χ1) is 12.2. The second kappa shape index (κ2) is 6.02. The number of benzene rings is 2. The van der Waals surface area contributed by atoms with Crippen molar-refractivity contribution in [3.05, 3.63) is 59.4 Å². The molecule has 5 nitrogen and oxygen atoms in total. The number of rotatable bonds is 3. The predicted octanol–water partition coefficient (Wildman–Crippen LogP) is 4.11. The number of carbonyl (C=O) groups excluding carboxylic acids is 1. The fourth-order valence-electron chi connectivity index (χ4n) is 2.90. The topological polar surface area (TPSA) is 57.9 Å². The molecular formula is C20H16O5. The number of carbonyl (C=O) groups is 1. The average molecular weight is 336 g/mol. The van der Waals surface area contributed by atoms with Crippen LogP contribution < -0.4 is 14.2 Å². The summed E-state index contributed by atoms with van der Waals surface area (Å²) in [4.78, 5) is 12.8. The van der Waals surface area contributed by atoms with Crippen molar-refractivity contribution in [1.82, 2.24) is 0 Å². The van der Waals surface area contributed by atoms with Gasteiger partial charge in [0.15, 0.2) is 17.1 Å². The Morgan fingerprint density at radius 3 is 2.76 bits per heavy atom. The number of fused-ring (bicyclic) bond motifs is 2. The number of ketones is 1. The van der Waals surface area contributed by atoms with Crippen LogP contribution in [0.3, 0.4) is 0 Å². The average Bonchev–Trinajstić information content (AvgIpc) is 3.06. The quantitative estimate of drug-likeness (QED) is 0.674. The predicted molar refractivity (Wildman–Crippen MR) is 93.6 cm³/mol. The number of hydrogen-bond donors (Lipinski definition) is 0. The van der Waals surface area contributed by atoms with Crippen LogP contribution in [0.2, 0.25) is 0 Å². The third kappa shape index (κ3) is 2.63. The van der Waals surface area contributed by atoms with E-state index in [0.717, 1.165) is 5.39 Å². The molecule has 2 heterocycles. The Hall–Kier alpha value is -3.21. The van der Waals surface area contributed by atoms with E-state index in [4.69, 9.17) is 18.6 Å². The van der Waals surface area contributed by atoms with E-state index in [2.05, 4.69) is 0 Å². The highest BCUT2D eigenvalue weighted by Crippen LogP contribution is 2.33. The molecule has 3 aromatic rings. The van der Waals surface area contributed by atoms with E-state index in [9.17, 15) is 4.79 Å². The smallest absolute Gasteiger partial charge is 0.196 e. The van der Waals surface area contributed by atoms with Crippen molar-refractivity contribution in [3.8, 4) is 17.2 Å². The van der Waals surface area contributed by atoms with E-state index in [1.807, 2.05) is 24.3 Å².